The number of carboxylic acid groups (broad SMARTS) is 1. The van der Waals surface area contributed by atoms with Crippen LogP contribution in [0.15, 0.2) is 30.5 Å². The molecule has 35 heavy (non-hydrogen) atoms. The fourth-order valence-electron chi connectivity index (χ4n) is 5.72. The number of nitrogens with zero attached hydrogens (tertiary/aromatic N) is 1. The number of carbonyl (C=O) groups excluding carboxylic acids is 3. The third kappa shape index (κ3) is 5.92. The minimum atomic E-state index is -1.24. The number of aliphatic carboxylic acids is 1. The molecule has 0 bridgehead atoms. The maximum Gasteiger partial charge on any atom is 0.323 e. The molecule has 0 spiro atoms. The van der Waals surface area contributed by atoms with Gasteiger partial charge in [-0.15, -0.1) is 0 Å². The van der Waals surface area contributed by atoms with Gasteiger partial charge < -0.3 is 20.3 Å². The van der Waals surface area contributed by atoms with Crippen molar-refractivity contribution in [2.45, 2.75) is 82.7 Å². The Morgan fingerprint density at radius 2 is 1.57 bits per heavy atom. The van der Waals surface area contributed by atoms with Gasteiger partial charge in [-0.1, -0.05) is 63.1 Å². The Balaban J connectivity index is 1.66. The first-order valence-corrected chi connectivity index (χ1v) is 12.9. The number of Topliss-reactive ketones (excluding diaryl/α,β-unsaturated/α-hetero) is 1. The highest BCUT2D eigenvalue weighted by molar-refractivity contribution is 6.45. The number of benzene rings is 1. The van der Waals surface area contributed by atoms with Crippen molar-refractivity contribution in [2.75, 3.05) is 6.54 Å². The molecule has 1 aromatic heterocycles. The van der Waals surface area contributed by atoms with Gasteiger partial charge in [-0.3, -0.25) is 19.2 Å². The molecule has 1 aromatic carbocycles. The summed E-state index contributed by atoms with van der Waals surface area (Å²) in [5.41, 5.74) is 0.900. The van der Waals surface area contributed by atoms with Gasteiger partial charge in [-0.2, -0.15) is 0 Å². The van der Waals surface area contributed by atoms with Crippen LogP contribution in [0.3, 0.4) is 0 Å². The molecule has 1 atom stereocenters. The average molecular weight is 482 g/mol. The molecule has 2 aliphatic rings. The Morgan fingerprint density at radius 1 is 0.943 bits per heavy atom. The first-order chi connectivity index (χ1) is 17.0. The van der Waals surface area contributed by atoms with E-state index in [2.05, 4.69) is 10.3 Å². The van der Waals surface area contributed by atoms with Gasteiger partial charge in [-0.25, -0.2) is 0 Å². The quantitative estimate of drug-likeness (QED) is 0.298. The smallest absolute Gasteiger partial charge is 0.323 e. The molecule has 0 saturated heterocycles. The van der Waals surface area contributed by atoms with E-state index in [1.807, 2.05) is 6.07 Å². The van der Waals surface area contributed by atoms with Crippen LogP contribution in [0.5, 0.6) is 0 Å². The van der Waals surface area contributed by atoms with E-state index in [9.17, 15) is 24.3 Å². The van der Waals surface area contributed by atoms with Crippen molar-refractivity contribution in [2.24, 2.45) is 5.92 Å². The maximum absolute atomic E-state index is 13.7. The van der Waals surface area contributed by atoms with E-state index in [0.717, 1.165) is 75.5 Å². The van der Waals surface area contributed by atoms with Crippen LogP contribution < -0.4 is 5.32 Å². The van der Waals surface area contributed by atoms with Crippen LogP contribution in [0.4, 0.5) is 0 Å². The van der Waals surface area contributed by atoms with Crippen molar-refractivity contribution >= 4 is 34.5 Å². The molecule has 2 amide bonds. The number of carboxylic acids is 1. The van der Waals surface area contributed by atoms with Crippen molar-refractivity contribution in [3.8, 4) is 0 Å². The lowest BCUT2D eigenvalue weighted by molar-refractivity contribution is -0.148. The first kappa shape index (κ1) is 24.9. The number of para-hydroxylation sites is 1. The normalized spacial score (nSPS) is 18.5. The summed E-state index contributed by atoms with van der Waals surface area (Å²) in [6.07, 6.45) is 11.9. The zero-order chi connectivity index (χ0) is 24.8. The Hall–Kier alpha value is -3.16. The zero-order valence-corrected chi connectivity index (χ0v) is 20.1. The number of aromatic nitrogens is 1. The Kier molecular flexibility index (Phi) is 8.21. The number of fused-ring (bicyclic) bond motifs is 1. The first-order valence-electron chi connectivity index (χ1n) is 12.9. The van der Waals surface area contributed by atoms with E-state index >= 15 is 0 Å². The van der Waals surface area contributed by atoms with Gasteiger partial charge >= 0.3 is 5.97 Å². The molecule has 1 unspecified atom stereocenters. The maximum atomic E-state index is 13.7. The lowest BCUT2D eigenvalue weighted by Gasteiger charge is -2.36. The third-order valence-corrected chi connectivity index (χ3v) is 7.50. The second-order valence-electron chi connectivity index (χ2n) is 9.94. The van der Waals surface area contributed by atoms with E-state index in [4.69, 9.17) is 0 Å². The van der Waals surface area contributed by atoms with E-state index in [1.165, 1.54) is 6.20 Å². The summed E-state index contributed by atoms with van der Waals surface area (Å²) in [5, 5.41) is 13.4. The van der Waals surface area contributed by atoms with Crippen LogP contribution in [0.25, 0.3) is 10.9 Å². The molecule has 4 rings (SSSR count). The van der Waals surface area contributed by atoms with Crippen LogP contribution in [0.2, 0.25) is 0 Å². The van der Waals surface area contributed by atoms with Gasteiger partial charge in [0.1, 0.15) is 12.6 Å². The van der Waals surface area contributed by atoms with Gasteiger partial charge in [0.05, 0.1) is 5.56 Å². The highest BCUT2D eigenvalue weighted by atomic mass is 16.4. The molecule has 8 heteroatoms. The number of aromatic amines is 1. The minimum absolute atomic E-state index is 0.0237. The van der Waals surface area contributed by atoms with Gasteiger partial charge in [0.2, 0.25) is 5.91 Å². The molecular weight excluding hydrogens is 446 g/mol. The zero-order valence-electron chi connectivity index (χ0n) is 20.1. The van der Waals surface area contributed by atoms with Crippen molar-refractivity contribution in [1.29, 1.82) is 0 Å². The summed E-state index contributed by atoms with van der Waals surface area (Å²) in [7, 11) is 0. The van der Waals surface area contributed by atoms with E-state index < -0.39 is 30.2 Å². The highest BCUT2D eigenvalue weighted by Gasteiger charge is 2.41. The molecule has 8 nitrogen and oxygen atoms in total. The number of H-pyrrole nitrogens is 1. The third-order valence-electron chi connectivity index (χ3n) is 7.50. The largest absolute Gasteiger partial charge is 0.480 e. The Bertz CT molecular complexity index is 1060. The summed E-state index contributed by atoms with van der Waals surface area (Å²) < 4.78 is 0. The molecular formula is C27H35N3O5. The average Bonchev–Trinajstić information content (AvgIpc) is 3.11. The minimum Gasteiger partial charge on any atom is -0.480 e. The number of nitrogens with one attached hydrogen (secondary N) is 2. The van der Waals surface area contributed by atoms with Crippen LogP contribution in [-0.2, 0) is 14.4 Å². The molecule has 2 saturated carbocycles. The number of hydrogen-bond donors (Lipinski definition) is 3. The predicted molar refractivity (Wildman–Crippen MR) is 132 cm³/mol. The number of carbonyl (C=O) groups is 4. The molecule has 1 heterocycles. The number of amides is 2. The van der Waals surface area contributed by atoms with E-state index in [1.54, 1.807) is 18.2 Å². The molecule has 2 aliphatic carbocycles. The molecule has 2 aromatic rings. The van der Waals surface area contributed by atoms with Gasteiger partial charge in [0.25, 0.3) is 11.7 Å². The Morgan fingerprint density at radius 3 is 2.26 bits per heavy atom. The number of rotatable bonds is 8. The summed E-state index contributed by atoms with van der Waals surface area (Å²) in [6, 6.07) is 6.19. The highest BCUT2D eigenvalue weighted by Crippen LogP contribution is 2.30. The van der Waals surface area contributed by atoms with E-state index in [0.29, 0.717) is 10.9 Å². The second-order valence-corrected chi connectivity index (χ2v) is 9.94. The van der Waals surface area contributed by atoms with Crippen molar-refractivity contribution in [1.82, 2.24) is 15.2 Å². The fourth-order valence-corrected chi connectivity index (χ4v) is 5.72. The van der Waals surface area contributed by atoms with Gasteiger partial charge in [0.15, 0.2) is 0 Å². The van der Waals surface area contributed by atoms with Gasteiger partial charge in [-0.05, 0) is 37.7 Å². The SMILES string of the molecule is O=C(O)CN(C(=O)C(=O)c1c[nH]c2ccccc12)C(C(=O)NC1CCCCC1)C1CCCCCC1. The molecule has 2 fully saturated rings. The summed E-state index contributed by atoms with van der Waals surface area (Å²) in [5.74, 6) is -3.49. The molecule has 0 radical (unpaired) electrons. The Labute approximate surface area is 205 Å². The number of ketones is 1. The lowest BCUT2D eigenvalue weighted by atomic mass is 9.88. The molecule has 3 N–H and O–H groups in total. The second kappa shape index (κ2) is 11.5. The monoisotopic (exact) mass is 481 g/mol. The van der Waals surface area contributed by atoms with Crippen molar-refractivity contribution in [3.05, 3.63) is 36.0 Å². The van der Waals surface area contributed by atoms with Crippen molar-refractivity contribution in [3.63, 3.8) is 0 Å². The topological polar surface area (TPSA) is 120 Å². The van der Waals surface area contributed by atoms with Crippen LogP contribution >= 0.6 is 0 Å². The number of hydrogen-bond acceptors (Lipinski definition) is 4. The fraction of sp³-hybridized carbons (Fsp3) is 0.556. The summed E-state index contributed by atoms with van der Waals surface area (Å²) in [4.78, 5) is 56.5. The molecule has 188 valence electrons. The summed E-state index contributed by atoms with van der Waals surface area (Å²) >= 11 is 0. The van der Waals surface area contributed by atoms with E-state index in [-0.39, 0.29) is 23.4 Å². The molecule has 0 aliphatic heterocycles. The lowest BCUT2D eigenvalue weighted by Crippen LogP contribution is -2.57. The van der Waals surface area contributed by atoms with Crippen LogP contribution in [-0.4, -0.2) is 57.2 Å². The van der Waals surface area contributed by atoms with Gasteiger partial charge in [0, 0.05) is 23.1 Å². The summed E-state index contributed by atoms with van der Waals surface area (Å²) in [6.45, 7) is -0.688. The predicted octanol–water partition coefficient (Wildman–Crippen LogP) is 4.05. The standard InChI is InChI=1S/C27H35N3O5/c31-23(32)17-30(27(35)25(33)21-16-28-22-15-9-8-14-20(21)22)24(18-10-4-1-2-5-11-18)26(34)29-19-12-6-3-7-13-19/h8-9,14-16,18-19,24,28H,1-7,10-13,17H2,(H,29,34)(H,31,32). The van der Waals surface area contributed by atoms with Crippen LogP contribution in [0, 0.1) is 5.92 Å². The van der Waals surface area contributed by atoms with Crippen molar-refractivity contribution < 1.29 is 24.3 Å². The van der Waals surface area contributed by atoms with Crippen LogP contribution in [0.1, 0.15) is 81.0 Å².